The molecule has 1 N–H and O–H groups in total. The minimum atomic E-state index is 0.653. The van der Waals surface area contributed by atoms with Crippen LogP contribution in [0.2, 0.25) is 0 Å². The number of nitrogens with zero attached hydrogens (tertiary/aromatic N) is 4. The van der Waals surface area contributed by atoms with Gasteiger partial charge in [-0.15, -0.1) is 0 Å². The van der Waals surface area contributed by atoms with Crippen molar-refractivity contribution in [2.45, 2.75) is 27.2 Å². The lowest BCUT2D eigenvalue weighted by atomic mass is 10.2. The van der Waals surface area contributed by atoms with Crippen LogP contribution < -0.4 is 5.32 Å². The summed E-state index contributed by atoms with van der Waals surface area (Å²) in [4.78, 5) is 2.39. The lowest BCUT2D eigenvalue weighted by Crippen LogP contribution is -2.25. The minimum Gasteiger partial charge on any atom is -0.369 e. The molecule has 0 aliphatic carbocycles. The van der Waals surface area contributed by atoms with E-state index < -0.39 is 0 Å². The third-order valence-corrected chi connectivity index (χ3v) is 3.17. The second kappa shape index (κ2) is 7.02. The lowest BCUT2D eigenvalue weighted by Gasteiger charge is -2.17. The van der Waals surface area contributed by atoms with Crippen molar-refractivity contribution in [2.75, 3.05) is 31.5 Å². The Hall–Kier alpha value is -1.54. The number of hydrogen-bond acceptors (Lipinski definition) is 4. The van der Waals surface area contributed by atoms with Crippen molar-refractivity contribution in [1.29, 1.82) is 5.26 Å². The molecule has 18 heavy (non-hydrogen) atoms. The molecule has 0 spiro atoms. The van der Waals surface area contributed by atoms with Crippen LogP contribution >= 0.6 is 0 Å². The zero-order valence-electron chi connectivity index (χ0n) is 11.8. The predicted octanol–water partition coefficient (Wildman–Crippen LogP) is 1.74. The van der Waals surface area contributed by atoms with E-state index in [4.69, 9.17) is 5.26 Å². The van der Waals surface area contributed by atoms with E-state index in [0.717, 1.165) is 44.1 Å². The lowest BCUT2D eigenvalue weighted by molar-refractivity contribution is 0.303. The van der Waals surface area contributed by atoms with Crippen molar-refractivity contribution in [1.82, 2.24) is 14.7 Å². The molecule has 1 aromatic rings. The van der Waals surface area contributed by atoms with E-state index in [0.29, 0.717) is 5.56 Å². The molecular weight excluding hydrogens is 226 g/mol. The van der Waals surface area contributed by atoms with E-state index in [1.807, 2.05) is 14.0 Å². The summed E-state index contributed by atoms with van der Waals surface area (Å²) in [6, 6.07) is 2.20. The van der Waals surface area contributed by atoms with Crippen molar-refractivity contribution < 1.29 is 0 Å². The third kappa shape index (κ3) is 3.47. The van der Waals surface area contributed by atoms with Gasteiger partial charge in [0.05, 0.1) is 5.69 Å². The Labute approximate surface area is 109 Å². The van der Waals surface area contributed by atoms with E-state index in [-0.39, 0.29) is 0 Å². The molecule has 0 radical (unpaired) electrons. The molecule has 0 aliphatic rings. The molecule has 5 nitrogen and oxygen atoms in total. The molecule has 1 heterocycles. The zero-order chi connectivity index (χ0) is 13.5. The molecule has 0 unspecified atom stereocenters. The maximum absolute atomic E-state index is 9.08. The van der Waals surface area contributed by atoms with Gasteiger partial charge in [-0.1, -0.05) is 13.8 Å². The van der Waals surface area contributed by atoms with Gasteiger partial charge in [0.25, 0.3) is 0 Å². The molecule has 100 valence electrons. The largest absolute Gasteiger partial charge is 0.369 e. The van der Waals surface area contributed by atoms with Gasteiger partial charge in [-0.2, -0.15) is 10.4 Å². The molecule has 0 fully saturated rings. The summed E-state index contributed by atoms with van der Waals surface area (Å²) in [6.07, 6.45) is 1.07. The van der Waals surface area contributed by atoms with Gasteiger partial charge in [0, 0.05) is 13.6 Å². The zero-order valence-corrected chi connectivity index (χ0v) is 11.8. The summed E-state index contributed by atoms with van der Waals surface area (Å²) in [7, 11) is 1.86. The fourth-order valence-electron chi connectivity index (χ4n) is 2.04. The fraction of sp³-hybridized carbons (Fsp3) is 0.692. The Morgan fingerprint density at radius 1 is 1.39 bits per heavy atom. The molecule has 0 bridgehead atoms. The maximum atomic E-state index is 9.08. The Morgan fingerprint density at radius 3 is 2.61 bits per heavy atom. The first-order valence-electron chi connectivity index (χ1n) is 6.53. The van der Waals surface area contributed by atoms with E-state index in [1.165, 1.54) is 0 Å². The van der Waals surface area contributed by atoms with Gasteiger partial charge >= 0.3 is 0 Å². The van der Waals surface area contributed by atoms with Gasteiger partial charge in [-0.25, -0.2) is 0 Å². The summed E-state index contributed by atoms with van der Waals surface area (Å²) in [5.41, 5.74) is 1.44. The highest BCUT2D eigenvalue weighted by atomic mass is 15.3. The van der Waals surface area contributed by atoms with Crippen molar-refractivity contribution >= 4 is 5.82 Å². The second-order valence-corrected chi connectivity index (χ2v) is 4.35. The van der Waals surface area contributed by atoms with Crippen molar-refractivity contribution in [3.05, 3.63) is 11.3 Å². The van der Waals surface area contributed by atoms with Gasteiger partial charge in [0.2, 0.25) is 0 Å². The standard InChI is InChI=1S/C13H23N5/c1-5-18(6-2)9-7-8-15-13-12(10-14)11(3)16-17(13)4/h15H,5-9H2,1-4H3. The molecule has 1 rings (SSSR count). The number of aryl methyl sites for hydroxylation is 2. The third-order valence-electron chi connectivity index (χ3n) is 3.17. The van der Waals surface area contributed by atoms with Crippen LogP contribution in [0.4, 0.5) is 5.82 Å². The van der Waals surface area contributed by atoms with Crippen LogP contribution in [0.5, 0.6) is 0 Å². The van der Waals surface area contributed by atoms with E-state index in [2.05, 4.69) is 35.2 Å². The molecule has 5 heteroatoms. The molecular formula is C13H23N5. The monoisotopic (exact) mass is 249 g/mol. The Bertz CT molecular complexity index is 412. The van der Waals surface area contributed by atoms with Crippen LogP contribution in [0.15, 0.2) is 0 Å². The number of aromatic nitrogens is 2. The molecule has 0 saturated heterocycles. The van der Waals surface area contributed by atoms with Gasteiger partial charge in [0.1, 0.15) is 17.5 Å². The number of nitriles is 1. The number of rotatable bonds is 7. The van der Waals surface area contributed by atoms with Gasteiger partial charge in [-0.05, 0) is 33.0 Å². The Morgan fingerprint density at radius 2 is 2.06 bits per heavy atom. The highest BCUT2D eigenvalue weighted by Crippen LogP contribution is 2.16. The van der Waals surface area contributed by atoms with Crippen molar-refractivity contribution in [3.63, 3.8) is 0 Å². The van der Waals surface area contributed by atoms with E-state index >= 15 is 0 Å². The van der Waals surface area contributed by atoms with Gasteiger partial charge in [-0.3, -0.25) is 4.68 Å². The summed E-state index contributed by atoms with van der Waals surface area (Å²) in [5, 5.41) is 16.6. The molecule has 1 aromatic heterocycles. The van der Waals surface area contributed by atoms with Crippen LogP contribution in [-0.2, 0) is 7.05 Å². The summed E-state index contributed by atoms with van der Waals surface area (Å²) < 4.78 is 1.74. The average molecular weight is 249 g/mol. The van der Waals surface area contributed by atoms with Gasteiger partial charge < -0.3 is 10.2 Å². The van der Waals surface area contributed by atoms with E-state index in [9.17, 15) is 0 Å². The molecule has 0 atom stereocenters. The van der Waals surface area contributed by atoms with E-state index in [1.54, 1.807) is 4.68 Å². The first-order chi connectivity index (χ1) is 8.63. The van der Waals surface area contributed by atoms with Crippen LogP contribution in [-0.4, -0.2) is 40.9 Å². The summed E-state index contributed by atoms with van der Waals surface area (Å²) in [5.74, 6) is 0.828. The molecule has 0 aliphatic heterocycles. The normalized spacial score (nSPS) is 10.7. The topological polar surface area (TPSA) is 56.9 Å². The quantitative estimate of drug-likeness (QED) is 0.748. The predicted molar refractivity (Wildman–Crippen MR) is 73.6 cm³/mol. The Kier molecular flexibility index (Phi) is 5.66. The number of anilines is 1. The highest BCUT2D eigenvalue weighted by Gasteiger charge is 2.11. The highest BCUT2D eigenvalue weighted by molar-refractivity contribution is 5.54. The fourth-order valence-corrected chi connectivity index (χ4v) is 2.04. The SMILES string of the molecule is CCN(CC)CCCNc1c(C#N)c(C)nn1C. The summed E-state index contributed by atoms with van der Waals surface area (Å²) >= 11 is 0. The maximum Gasteiger partial charge on any atom is 0.142 e. The molecule has 0 amide bonds. The number of hydrogen-bond donors (Lipinski definition) is 1. The van der Waals surface area contributed by atoms with Gasteiger partial charge in [0.15, 0.2) is 0 Å². The Balaban J connectivity index is 2.47. The summed E-state index contributed by atoms with van der Waals surface area (Å²) in [6.45, 7) is 10.3. The average Bonchev–Trinajstić information content (AvgIpc) is 2.63. The van der Waals surface area contributed by atoms with Crippen LogP contribution in [0.1, 0.15) is 31.5 Å². The van der Waals surface area contributed by atoms with Crippen LogP contribution in [0, 0.1) is 18.3 Å². The molecule has 0 aromatic carbocycles. The first-order valence-corrected chi connectivity index (χ1v) is 6.53. The number of nitrogens with one attached hydrogen (secondary N) is 1. The van der Waals surface area contributed by atoms with Crippen molar-refractivity contribution in [2.24, 2.45) is 7.05 Å². The van der Waals surface area contributed by atoms with Crippen LogP contribution in [0.3, 0.4) is 0 Å². The minimum absolute atomic E-state index is 0.653. The second-order valence-electron chi connectivity index (χ2n) is 4.35. The smallest absolute Gasteiger partial charge is 0.142 e. The first kappa shape index (κ1) is 14.5. The molecule has 0 saturated carbocycles. The van der Waals surface area contributed by atoms with Crippen molar-refractivity contribution in [3.8, 4) is 6.07 Å². The van der Waals surface area contributed by atoms with Crippen LogP contribution in [0.25, 0.3) is 0 Å².